The maximum atomic E-state index is 6.74. The van der Waals surface area contributed by atoms with Crippen molar-refractivity contribution in [1.29, 1.82) is 0 Å². The summed E-state index contributed by atoms with van der Waals surface area (Å²) in [5.74, 6) is 0. The summed E-state index contributed by atoms with van der Waals surface area (Å²) < 4.78 is 27.0. The van der Waals surface area contributed by atoms with Crippen LogP contribution in [0.25, 0.3) is 0 Å². The molecule has 0 saturated heterocycles. The van der Waals surface area contributed by atoms with Gasteiger partial charge in [-0.3, -0.25) is 0 Å². The topological polar surface area (TPSA) is 36.9 Å². The lowest BCUT2D eigenvalue weighted by Gasteiger charge is -2.40. The van der Waals surface area contributed by atoms with Gasteiger partial charge in [-0.2, -0.15) is 0 Å². The fourth-order valence-electron chi connectivity index (χ4n) is 4.77. The van der Waals surface area contributed by atoms with Crippen LogP contribution in [0.1, 0.15) is 136 Å². The Hall–Kier alpha value is 0.0569. The van der Waals surface area contributed by atoms with Crippen molar-refractivity contribution >= 4 is 9.05 Å². The minimum Gasteiger partial charge on any atom is -0.348 e. The normalized spacial score (nSPS) is 19.6. The van der Waals surface area contributed by atoms with Crippen molar-refractivity contribution in [2.24, 2.45) is 21.7 Å². The minimum absolute atomic E-state index is 0.0258. The van der Waals surface area contributed by atoms with Crippen LogP contribution in [0.15, 0.2) is 0 Å². The summed E-state index contributed by atoms with van der Waals surface area (Å²) >= 11 is 0. The van der Waals surface area contributed by atoms with Crippen LogP contribution in [-0.2, 0) is 17.7 Å². The lowest BCUT2D eigenvalue weighted by molar-refractivity contribution is -0.111. The zero-order chi connectivity index (χ0) is 26.5. The van der Waals surface area contributed by atoms with E-state index in [1.54, 1.807) is 0 Å². The van der Waals surface area contributed by atoms with E-state index < -0.39 is 9.05 Å². The van der Waals surface area contributed by atoms with Gasteiger partial charge < -0.3 is 17.7 Å². The van der Waals surface area contributed by atoms with E-state index in [9.17, 15) is 0 Å². The molecule has 0 aliphatic rings. The molecule has 0 aliphatic carbocycles. The Morgan fingerprint density at radius 2 is 0.545 bits per heavy atom. The highest BCUT2D eigenvalue weighted by Crippen LogP contribution is 2.33. The summed E-state index contributed by atoms with van der Waals surface area (Å²) in [4.78, 5) is 0. The fourth-order valence-corrected chi connectivity index (χ4v) is 7.41. The third-order valence-corrected chi connectivity index (χ3v) is 7.75. The van der Waals surface area contributed by atoms with E-state index in [4.69, 9.17) is 17.7 Å². The quantitative estimate of drug-likeness (QED) is 0.257. The van der Waals surface area contributed by atoms with Crippen LogP contribution in [0, 0.1) is 21.7 Å². The fraction of sp³-hybridized carbons (Fsp3) is 1.00. The molecule has 5 heteroatoms. The molecule has 0 rings (SSSR count). The summed E-state index contributed by atoms with van der Waals surface area (Å²) in [6.45, 7) is 35.4. The summed E-state index contributed by atoms with van der Waals surface area (Å²) in [5, 5.41) is 0. The van der Waals surface area contributed by atoms with Gasteiger partial charge in [-0.1, -0.05) is 83.1 Å². The zero-order valence-electron chi connectivity index (χ0n) is 25.3. The first-order chi connectivity index (χ1) is 14.4. The molecule has 0 aromatic carbocycles. The van der Waals surface area contributed by atoms with E-state index in [0.29, 0.717) is 0 Å². The van der Waals surface area contributed by atoms with Gasteiger partial charge in [0.1, 0.15) is 0 Å². The molecule has 0 saturated carbocycles. The average molecular weight is 489 g/mol. The second-order valence-corrected chi connectivity index (χ2v) is 17.2. The molecule has 0 spiro atoms. The van der Waals surface area contributed by atoms with Gasteiger partial charge in [0.25, 0.3) is 0 Å². The van der Waals surface area contributed by atoms with Gasteiger partial charge in [-0.15, -0.1) is 0 Å². The Bertz CT molecular complexity index is 447. The molecule has 0 bridgehead atoms. The molecule has 0 radical (unpaired) electrons. The molecule has 0 heterocycles. The molecule has 200 valence electrons. The van der Waals surface area contributed by atoms with Crippen LogP contribution in [0.4, 0.5) is 0 Å². The van der Waals surface area contributed by atoms with Crippen molar-refractivity contribution in [3.05, 3.63) is 0 Å². The van der Waals surface area contributed by atoms with E-state index in [1.165, 1.54) is 0 Å². The third-order valence-electron chi connectivity index (χ3n) is 4.98. The Morgan fingerprint density at radius 1 is 0.394 bits per heavy atom. The molecule has 4 nitrogen and oxygen atoms in total. The van der Waals surface area contributed by atoms with Crippen LogP contribution in [-0.4, -0.2) is 33.5 Å². The predicted molar refractivity (Wildman–Crippen MR) is 144 cm³/mol. The van der Waals surface area contributed by atoms with Crippen LogP contribution < -0.4 is 0 Å². The first-order valence-corrected chi connectivity index (χ1v) is 14.7. The van der Waals surface area contributed by atoms with Crippen molar-refractivity contribution in [1.82, 2.24) is 0 Å². The third kappa shape index (κ3) is 18.0. The first-order valence-electron chi connectivity index (χ1n) is 13.1. The monoisotopic (exact) mass is 488 g/mol. The standard InChI is InChI=1S/C28H60O4Si/c1-21(17-25(5,6)7)29-33(30-22(2)18-26(8,9)10,31-23(3)19-27(11,12)13)32-24(4)20-28(14,15)16/h21-24H,17-20H2,1-16H3. The van der Waals surface area contributed by atoms with Gasteiger partial charge in [-0.05, 0) is 75.0 Å². The van der Waals surface area contributed by atoms with Gasteiger partial charge in [0, 0.05) is 24.4 Å². The van der Waals surface area contributed by atoms with Crippen LogP contribution in [0.3, 0.4) is 0 Å². The molecular formula is C28H60O4Si. The van der Waals surface area contributed by atoms with Crippen LogP contribution in [0.2, 0.25) is 0 Å². The van der Waals surface area contributed by atoms with Crippen molar-refractivity contribution in [2.45, 2.75) is 161 Å². The largest absolute Gasteiger partial charge is 0.680 e. The summed E-state index contributed by atoms with van der Waals surface area (Å²) in [7, 11) is -3.45. The van der Waals surface area contributed by atoms with Gasteiger partial charge in [0.2, 0.25) is 0 Å². The molecular weight excluding hydrogens is 428 g/mol. The lowest BCUT2D eigenvalue weighted by Crippen LogP contribution is -2.56. The van der Waals surface area contributed by atoms with E-state index in [-0.39, 0.29) is 46.1 Å². The predicted octanol–water partition coefficient (Wildman–Crippen LogP) is 8.79. The molecule has 0 N–H and O–H groups in total. The SMILES string of the molecule is CC(CC(C)(C)C)O[Si](OC(C)CC(C)(C)C)(OC(C)CC(C)(C)C)OC(C)CC(C)(C)C. The molecule has 33 heavy (non-hydrogen) atoms. The molecule has 0 aromatic heterocycles. The smallest absolute Gasteiger partial charge is 0.348 e. The van der Waals surface area contributed by atoms with Crippen LogP contribution >= 0.6 is 0 Å². The van der Waals surface area contributed by atoms with Crippen LogP contribution in [0.5, 0.6) is 0 Å². The molecule has 0 aliphatic heterocycles. The van der Waals surface area contributed by atoms with E-state index in [0.717, 1.165) is 25.7 Å². The Labute approximate surface area is 209 Å². The van der Waals surface area contributed by atoms with Gasteiger partial charge in [0.15, 0.2) is 0 Å². The maximum absolute atomic E-state index is 6.74. The van der Waals surface area contributed by atoms with E-state index >= 15 is 0 Å². The Balaban J connectivity index is 6.10. The first kappa shape index (κ1) is 33.1. The van der Waals surface area contributed by atoms with E-state index in [2.05, 4.69) is 111 Å². The van der Waals surface area contributed by atoms with Crippen molar-refractivity contribution in [2.75, 3.05) is 0 Å². The summed E-state index contributed by atoms with van der Waals surface area (Å²) in [6.07, 6.45) is 3.53. The minimum atomic E-state index is -3.45. The summed E-state index contributed by atoms with van der Waals surface area (Å²) in [6, 6.07) is 0. The molecule has 4 unspecified atom stereocenters. The number of hydrogen-bond acceptors (Lipinski definition) is 4. The second kappa shape index (κ2) is 12.3. The molecule has 0 amide bonds. The average Bonchev–Trinajstić information content (AvgIpc) is 2.36. The van der Waals surface area contributed by atoms with Gasteiger partial charge >= 0.3 is 9.05 Å². The Kier molecular flexibility index (Phi) is 12.4. The van der Waals surface area contributed by atoms with E-state index in [1.807, 2.05) is 0 Å². The lowest BCUT2D eigenvalue weighted by atomic mass is 9.90. The van der Waals surface area contributed by atoms with Crippen molar-refractivity contribution in [3.63, 3.8) is 0 Å². The second-order valence-electron chi connectivity index (χ2n) is 15.3. The maximum Gasteiger partial charge on any atom is 0.680 e. The highest BCUT2D eigenvalue weighted by Gasteiger charge is 2.52. The molecule has 0 aromatic rings. The number of hydrogen-bond donors (Lipinski definition) is 0. The molecule has 0 fully saturated rings. The van der Waals surface area contributed by atoms with Crippen molar-refractivity contribution < 1.29 is 17.7 Å². The highest BCUT2D eigenvalue weighted by atomic mass is 28.4. The number of rotatable bonds is 12. The Morgan fingerprint density at radius 3 is 0.667 bits per heavy atom. The summed E-state index contributed by atoms with van der Waals surface area (Å²) in [5.41, 5.74) is 0.574. The molecule has 4 atom stereocenters. The van der Waals surface area contributed by atoms with Gasteiger partial charge in [-0.25, -0.2) is 0 Å². The highest BCUT2D eigenvalue weighted by molar-refractivity contribution is 6.53. The zero-order valence-corrected chi connectivity index (χ0v) is 26.3. The van der Waals surface area contributed by atoms with Crippen molar-refractivity contribution in [3.8, 4) is 0 Å². The van der Waals surface area contributed by atoms with Gasteiger partial charge in [0.05, 0.1) is 0 Å².